The van der Waals surface area contributed by atoms with Crippen LogP contribution in [0, 0.1) is 0 Å². The Morgan fingerprint density at radius 2 is 1.93 bits per heavy atom. The van der Waals surface area contributed by atoms with E-state index in [2.05, 4.69) is 10.5 Å². The number of carbonyl (C=O) groups is 1. The Morgan fingerprint density at radius 1 is 1.13 bits per heavy atom. The SMILES string of the molecule is COc1ccccc1-c1nn(Cc2ccccc2)cc1/C=N\NC(=O)c1ccco1. The number of nitrogens with zero attached hydrogens (tertiary/aromatic N) is 3. The van der Waals surface area contributed by atoms with Crippen LogP contribution in [0.3, 0.4) is 0 Å². The molecule has 30 heavy (non-hydrogen) atoms. The molecule has 0 bridgehead atoms. The zero-order chi connectivity index (χ0) is 20.8. The molecular formula is C23H20N4O3. The van der Waals surface area contributed by atoms with Gasteiger partial charge in [0, 0.05) is 17.3 Å². The molecule has 4 rings (SSSR count). The third kappa shape index (κ3) is 4.30. The smallest absolute Gasteiger partial charge is 0.307 e. The molecule has 2 aromatic carbocycles. The summed E-state index contributed by atoms with van der Waals surface area (Å²) in [6.07, 6.45) is 4.89. The normalized spacial score (nSPS) is 11.0. The van der Waals surface area contributed by atoms with Crippen LogP contribution in [-0.2, 0) is 6.54 Å². The van der Waals surface area contributed by atoms with Crippen LogP contribution in [0.4, 0.5) is 0 Å². The van der Waals surface area contributed by atoms with Crippen molar-refractivity contribution in [3.8, 4) is 17.0 Å². The molecular weight excluding hydrogens is 380 g/mol. The Kier molecular flexibility index (Phi) is 5.70. The average Bonchev–Trinajstić information content (AvgIpc) is 3.45. The van der Waals surface area contributed by atoms with E-state index in [1.165, 1.54) is 6.26 Å². The van der Waals surface area contributed by atoms with Crippen LogP contribution in [0.5, 0.6) is 5.75 Å². The molecule has 0 aliphatic carbocycles. The number of benzene rings is 2. The van der Waals surface area contributed by atoms with Gasteiger partial charge in [0.1, 0.15) is 11.4 Å². The zero-order valence-corrected chi connectivity index (χ0v) is 16.4. The molecule has 4 aromatic rings. The van der Waals surface area contributed by atoms with E-state index in [0.29, 0.717) is 18.0 Å². The van der Waals surface area contributed by atoms with Gasteiger partial charge < -0.3 is 9.15 Å². The van der Waals surface area contributed by atoms with Crippen LogP contribution in [0.15, 0.2) is 88.7 Å². The van der Waals surface area contributed by atoms with Gasteiger partial charge in [0.2, 0.25) is 0 Å². The number of furan rings is 1. The van der Waals surface area contributed by atoms with Crippen molar-refractivity contribution in [2.24, 2.45) is 5.10 Å². The maximum atomic E-state index is 12.0. The number of amides is 1. The summed E-state index contributed by atoms with van der Waals surface area (Å²) in [5, 5.41) is 8.83. The molecule has 0 fully saturated rings. The molecule has 0 atom stereocenters. The van der Waals surface area contributed by atoms with Gasteiger partial charge in [-0.15, -0.1) is 0 Å². The predicted molar refractivity (Wildman–Crippen MR) is 114 cm³/mol. The molecule has 0 saturated heterocycles. The van der Waals surface area contributed by atoms with Gasteiger partial charge in [-0.3, -0.25) is 9.48 Å². The van der Waals surface area contributed by atoms with Gasteiger partial charge in [0.05, 0.1) is 26.1 Å². The van der Waals surface area contributed by atoms with Crippen LogP contribution in [0.1, 0.15) is 21.7 Å². The summed E-state index contributed by atoms with van der Waals surface area (Å²) in [7, 11) is 1.62. The van der Waals surface area contributed by atoms with Crippen LogP contribution in [-0.4, -0.2) is 29.0 Å². The lowest BCUT2D eigenvalue weighted by Crippen LogP contribution is -2.16. The summed E-state index contributed by atoms with van der Waals surface area (Å²) in [6.45, 7) is 0.607. The lowest BCUT2D eigenvalue weighted by Gasteiger charge is -2.06. The summed E-state index contributed by atoms with van der Waals surface area (Å²) in [5.41, 5.74) is 5.89. The maximum Gasteiger partial charge on any atom is 0.307 e. The first-order valence-electron chi connectivity index (χ1n) is 9.36. The minimum atomic E-state index is -0.424. The second-order valence-electron chi connectivity index (χ2n) is 6.49. The van der Waals surface area contributed by atoms with Crippen LogP contribution in [0.2, 0.25) is 0 Å². The van der Waals surface area contributed by atoms with Gasteiger partial charge in [0.25, 0.3) is 0 Å². The minimum absolute atomic E-state index is 0.192. The number of rotatable bonds is 7. The summed E-state index contributed by atoms with van der Waals surface area (Å²) < 4.78 is 12.4. The molecule has 0 aliphatic heterocycles. The highest BCUT2D eigenvalue weighted by Crippen LogP contribution is 2.30. The van der Waals surface area contributed by atoms with Crippen molar-refractivity contribution in [2.45, 2.75) is 6.54 Å². The van der Waals surface area contributed by atoms with Crippen molar-refractivity contribution in [3.63, 3.8) is 0 Å². The van der Waals surface area contributed by atoms with Gasteiger partial charge in [-0.2, -0.15) is 10.2 Å². The highest BCUT2D eigenvalue weighted by atomic mass is 16.5. The average molecular weight is 400 g/mol. The lowest BCUT2D eigenvalue weighted by molar-refractivity contribution is 0.0927. The lowest BCUT2D eigenvalue weighted by atomic mass is 10.1. The second-order valence-corrected chi connectivity index (χ2v) is 6.49. The fourth-order valence-electron chi connectivity index (χ4n) is 3.06. The van der Waals surface area contributed by atoms with Crippen molar-refractivity contribution in [1.29, 1.82) is 0 Å². The van der Waals surface area contributed by atoms with Gasteiger partial charge in [0.15, 0.2) is 5.76 Å². The Bertz CT molecular complexity index is 1150. The van der Waals surface area contributed by atoms with E-state index in [4.69, 9.17) is 14.3 Å². The third-order valence-corrected chi connectivity index (χ3v) is 4.45. The molecule has 2 aromatic heterocycles. The monoisotopic (exact) mass is 400 g/mol. The maximum absolute atomic E-state index is 12.0. The first-order chi connectivity index (χ1) is 14.7. The van der Waals surface area contributed by atoms with Crippen molar-refractivity contribution < 1.29 is 13.9 Å². The number of para-hydroxylation sites is 1. The fourth-order valence-corrected chi connectivity index (χ4v) is 3.06. The van der Waals surface area contributed by atoms with Gasteiger partial charge in [-0.05, 0) is 29.8 Å². The van der Waals surface area contributed by atoms with Crippen LogP contribution < -0.4 is 10.2 Å². The predicted octanol–water partition coefficient (Wildman–Crippen LogP) is 3.96. The standard InChI is InChI=1S/C23H20N4O3/c1-29-20-11-6-5-10-19(20)22-18(14-24-25-23(28)21-12-7-13-30-21)16-27(26-22)15-17-8-3-2-4-9-17/h2-14,16H,15H2,1H3,(H,25,28)/b24-14-. The number of aromatic nitrogens is 2. The Morgan fingerprint density at radius 3 is 2.70 bits per heavy atom. The first kappa shape index (κ1) is 19.2. The quantitative estimate of drug-likeness (QED) is 0.376. The molecule has 2 heterocycles. The molecule has 0 aliphatic rings. The van der Waals surface area contributed by atoms with Crippen LogP contribution in [0.25, 0.3) is 11.3 Å². The number of methoxy groups -OCH3 is 1. The van der Waals surface area contributed by atoms with Crippen molar-refractivity contribution >= 4 is 12.1 Å². The number of hydrogen-bond acceptors (Lipinski definition) is 5. The van der Waals surface area contributed by atoms with Gasteiger partial charge in [-0.1, -0.05) is 42.5 Å². The Labute approximate surface area is 173 Å². The number of nitrogens with one attached hydrogen (secondary N) is 1. The van der Waals surface area contributed by atoms with E-state index >= 15 is 0 Å². The van der Waals surface area contributed by atoms with Crippen LogP contribution >= 0.6 is 0 Å². The van der Waals surface area contributed by atoms with E-state index in [-0.39, 0.29) is 5.76 Å². The second kappa shape index (κ2) is 8.91. The number of hydrogen-bond donors (Lipinski definition) is 1. The number of carbonyl (C=O) groups excluding carboxylic acids is 1. The molecule has 1 N–H and O–H groups in total. The number of ether oxygens (including phenoxy) is 1. The summed E-state index contributed by atoms with van der Waals surface area (Å²) in [4.78, 5) is 12.0. The largest absolute Gasteiger partial charge is 0.496 e. The fraction of sp³-hybridized carbons (Fsp3) is 0.0870. The Hall–Kier alpha value is -4.13. The minimum Gasteiger partial charge on any atom is -0.496 e. The summed E-state index contributed by atoms with van der Waals surface area (Å²) in [6, 6.07) is 20.9. The molecule has 7 nitrogen and oxygen atoms in total. The molecule has 1 amide bonds. The van der Waals surface area contributed by atoms with Crippen molar-refractivity contribution in [2.75, 3.05) is 7.11 Å². The van der Waals surface area contributed by atoms with E-state index < -0.39 is 5.91 Å². The van der Waals surface area contributed by atoms with E-state index in [9.17, 15) is 4.79 Å². The first-order valence-corrected chi connectivity index (χ1v) is 9.36. The van der Waals surface area contributed by atoms with Gasteiger partial charge in [-0.25, -0.2) is 5.43 Å². The highest BCUT2D eigenvalue weighted by Gasteiger charge is 2.15. The molecule has 0 unspecified atom stereocenters. The van der Waals surface area contributed by atoms with Crippen molar-refractivity contribution in [3.05, 3.63) is 96.1 Å². The molecule has 150 valence electrons. The molecule has 7 heteroatoms. The molecule has 0 saturated carbocycles. The molecule has 0 radical (unpaired) electrons. The highest BCUT2D eigenvalue weighted by molar-refractivity contribution is 5.94. The summed E-state index contributed by atoms with van der Waals surface area (Å²) in [5.74, 6) is 0.473. The van der Waals surface area contributed by atoms with E-state index in [1.54, 1.807) is 25.5 Å². The van der Waals surface area contributed by atoms with Gasteiger partial charge >= 0.3 is 5.91 Å². The van der Waals surface area contributed by atoms with Crippen molar-refractivity contribution in [1.82, 2.24) is 15.2 Å². The van der Waals surface area contributed by atoms with E-state index in [0.717, 1.165) is 16.7 Å². The van der Waals surface area contributed by atoms with E-state index in [1.807, 2.05) is 65.5 Å². The zero-order valence-electron chi connectivity index (χ0n) is 16.4. The Balaban J connectivity index is 1.64. The number of hydrazone groups is 1. The third-order valence-electron chi connectivity index (χ3n) is 4.45. The molecule has 0 spiro atoms. The topological polar surface area (TPSA) is 81.6 Å². The summed E-state index contributed by atoms with van der Waals surface area (Å²) >= 11 is 0.